The lowest BCUT2D eigenvalue weighted by molar-refractivity contribution is 0.496. The fourth-order valence-corrected chi connectivity index (χ4v) is 6.85. The van der Waals surface area contributed by atoms with Gasteiger partial charge in [0.25, 0.3) is 0 Å². The van der Waals surface area contributed by atoms with Gasteiger partial charge in [-0.3, -0.25) is 0 Å². The molecule has 246 valence electrons. The summed E-state index contributed by atoms with van der Waals surface area (Å²) in [6.07, 6.45) is 12.4. The van der Waals surface area contributed by atoms with Gasteiger partial charge in [0.15, 0.2) is 0 Å². The molecule has 0 aliphatic carbocycles. The lowest BCUT2D eigenvalue weighted by atomic mass is 9.83. The number of terminal acetylenes is 2. The van der Waals surface area contributed by atoms with E-state index < -0.39 is 0 Å². The molecule has 1 unspecified atom stereocenters. The second kappa shape index (κ2) is 15.0. The Morgan fingerprint density at radius 3 is 1.33 bits per heavy atom. The SMILES string of the molecule is C#Cc1ccc(N(c2ccccc2)c2ccc(N(c3ccc(C#C)cc3)c3ccc(CC(c4ccc5ccccc5c4)C(C)C)cc3)cc2)cc1. The Balaban J connectivity index is 1.21. The summed E-state index contributed by atoms with van der Waals surface area (Å²) in [5, 5.41) is 2.57. The second-order valence-corrected chi connectivity index (χ2v) is 13.2. The van der Waals surface area contributed by atoms with Gasteiger partial charge in [0.1, 0.15) is 0 Å². The van der Waals surface area contributed by atoms with E-state index in [1.54, 1.807) is 0 Å². The number of benzene rings is 7. The van der Waals surface area contributed by atoms with Crippen LogP contribution in [0.1, 0.15) is 42.0 Å². The van der Waals surface area contributed by atoms with Crippen molar-refractivity contribution < 1.29 is 0 Å². The van der Waals surface area contributed by atoms with Gasteiger partial charge in [-0.1, -0.05) is 98.5 Å². The molecule has 0 radical (unpaired) electrons. The van der Waals surface area contributed by atoms with Crippen LogP contribution in [-0.4, -0.2) is 0 Å². The Labute approximate surface area is 302 Å². The quantitative estimate of drug-likeness (QED) is 0.135. The van der Waals surface area contributed by atoms with Crippen LogP contribution in [0, 0.1) is 30.6 Å². The minimum absolute atomic E-state index is 0.413. The van der Waals surface area contributed by atoms with Crippen molar-refractivity contribution in [3.05, 3.63) is 192 Å². The van der Waals surface area contributed by atoms with Gasteiger partial charge in [-0.25, -0.2) is 0 Å². The minimum atomic E-state index is 0.413. The summed E-state index contributed by atoms with van der Waals surface area (Å²) in [4.78, 5) is 4.53. The Bertz CT molecular complexity index is 2300. The highest BCUT2D eigenvalue weighted by Gasteiger charge is 2.19. The monoisotopic (exact) mass is 656 g/mol. The third-order valence-electron chi connectivity index (χ3n) is 9.62. The van der Waals surface area contributed by atoms with Gasteiger partial charge in [0.2, 0.25) is 0 Å². The van der Waals surface area contributed by atoms with Gasteiger partial charge < -0.3 is 9.80 Å². The smallest absolute Gasteiger partial charge is 0.0463 e. The zero-order valence-electron chi connectivity index (χ0n) is 29.1. The molecule has 51 heavy (non-hydrogen) atoms. The number of rotatable bonds is 10. The molecule has 0 spiro atoms. The van der Waals surface area contributed by atoms with E-state index in [0.29, 0.717) is 11.8 Å². The molecule has 2 nitrogen and oxygen atoms in total. The van der Waals surface area contributed by atoms with E-state index in [0.717, 1.165) is 51.7 Å². The van der Waals surface area contributed by atoms with Crippen molar-refractivity contribution in [2.24, 2.45) is 5.92 Å². The van der Waals surface area contributed by atoms with Gasteiger partial charge in [-0.05, 0) is 137 Å². The molecular weight excluding hydrogens is 617 g/mol. The highest BCUT2D eigenvalue weighted by molar-refractivity contribution is 5.83. The molecule has 2 heteroatoms. The summed E-state index contributed by atoms with van der Waals surface area (Å²) in [5.74, 6) is 6.39. The van der Waals surface area contributed by atoms with E-state index in [1.807, 2.05) is 30.3 Å². The molecule has 0 amide bonds. The highest BCUT2D eigenvalue weighted by atomic mass is 15.2. The molecule has 7 aromatic rings. The molecule has 0 fully saturated rings. The summed E-state index contributed by atoms with van der Waals surface area (Å²) in [5.41, 5.74) is 10.7. The molecule has 0 saturated heterocycles. The van der Waals surface area contributed by atoms with Gasteiger partial charge in [-0.15, -0.1) is 12.8 Å². The van der Waals surface area contributed by atoms with Crippen molar-refractivity contribution in [2.45, 2.75) is 26.2 Å². The molecule has 7 aromatic carbocycles. The van der Waals surface area contributed by atoms with Crippen molar-refractivity contribution in [1.29, 1.82) is 0 Å². The number of hydrogen-bond donors (Lipinski definition) is 0. The third kappa shape index (κ3) is 7.28. The number of anilines is 6. The Morgan fingerprint density at radius 1 is 0.451 bits per heavy atom. The van der Waals surface area contributed by atoms with E-state index in [4.69, 9.17) is 12.8 Å². The maximum Gasteiger partial charge on any atom is 0.0463 e. The maximum absolute atomic E-state index is 5.72. The minimum Gasteiger partial charge on any atom is -0.311 e. The number of hydrogen-bond acceptors (Lipinski definition) is 2. The first kappa shape index (κ1) is 33.0. The van der Waals surface area contributed by atoms with Gasteiger partial charge in [0, 0.05) is 45.3 Å². The first-order valence-corrected chi connectivity index (χ1v) is 17.5. The van der Waals surface area contributed by atoms with Gasteiger partial charge in [-0.2, -0.15) is 0 Å². The zero-order valence-corrected chi connectivity index (χ0v) is 29.1. The predicted octanol–water partition coefficient (Wildman–Crippen LogP) is 12.7. The summed E-state index contributed by atoms with van der Waals surface area (Å²) in [6, 6.07) is 59.9. The van der Waals surface area contributed by atoms with Crippen LogP contribution in [0.25, 0.3) is 10.8 Å². The zero-order chi connectivity index (χ0) is 35.2. The van der Waals surface area contributed by atoms with Crippen molar-refractivity contribution in [3.8, 4) is 24.7 Å². The molecule has 0 heterocycles. The van der Waals surface area contributed by atoms with Crippen LogP contribution in [0.5, 0.6) is 0 Å². The average molecular weight is 657 g/mol. The summed E-state index contributed by atoms with van der Waals surface area (Å²) >= 11 is 0. The van der Waals surface area contributed by atoms with Crippen LogP contribution in [0.4, 0.5) is 34.1 Å². The highest BCUT2D eigenvalue weighted by Crippen LogP contribution is 2.40. The van der Waals surface area contributed by atoms with Crippen LogP contribution in [-0.2, 0) is 6.42 Å². The van der Waals surface area contributed by atoms with E-state index in [-0.39, 0.29) is 0 Å². The lowest BCUT2D eigenvalue weighted by Crippen LogP contribution is -2.13. The Hall–Kier alpha value is -6.48. The van der Waals surface area contributed by atoms with Gasteiger partial charge in [0.05, 0.1) is 0 Å². The molecule has 1 atom stereocenters. The molecule has 7 rings (SSSR count). The largest absolute Gasteiger partial charge is 0.311 e. The summed E-state index contributed by atoms with van der Waals surface area (Å²) in [7, 11) is 0. The molecule has 0 saturated carbocycles. The van der Waals surface area contributed by atoms with Crippen LogP contribution in [0.2, 0.25) is 0 Å². The number of nitrogens with zero attached hydrogens (tertiary/aromatic N) is 2. The van der Waals surface area contributed by atoms with E-state index in [9.17, 15) is 0 Å². The maximum atomic E-state index is 5.72. The Morgan fingerprint density at radius 2 is 0.863 bits per heavy atom. The van der Waals surface area contributed by atoms with Crippen molar-refractivity contribution >= 4 is 44.9 Å². The first-order chi connectivity index (χ1) is 25.0. The third-order valence-corrected chi connectivity index (χ3v) is 9.62. The fraction of sp³-hybridized carbons (Fsp3) is 0.102. The van der Waals surface area contributed by atoms with Crippen LogP contribution in [0.3, 0.4) is 0 Å². The van der Waals surface area contributed by atoms with Gasteiger partial charge >= 0.3 is 0 Å². The lowest BCUT2D eigenvalue weighted by Gasteiger charge is -2.28. The average Bonchev–Trinajstić information content (AvgIpc) is 3.19. The topological polar surface area (TPSA) is 6.48 Å². The van der Waals surface area contributed by atoms with Crippen molar-refractivity contribution in [2.75, 3.05) is 9.80 Å². The standard InChI is InChI=1S/C49H40N2/c1-5-37-16-24-44(25-17-37)50(43-14-8-7-9-15-43)47-30-32-48(33-31-47)51(45-26-18-38(6-2)19-27-45)46-28-20-39(21-29-46)34-49(36(3)4)42-23-22-40-12-10-11-13-41(40)35-42/h1-2,7-33,35-36,49H,34H2,3-4H3. The molecular formula is C49H40N2. The fourth-order valence-electron chi connectivity index (χ4n) is 6.85. The molecule has 0 aliphatic rings. The predicted molar refractivity (Wildman–Crippen MR) is 217 cm³/mol. The van der Waals surface area contributed by atoms with E-state index >= 15 is 0 Å². The van der Waals surface area contributed by atoms with E-state index in [1.165, 1.54) is 21.9 Å². The van der Waals surface area contributed by atoms with Crippen molar-refractivity contribution in [1.82, 2.24) is 0 Å². The molecule has 0 bridgehead atoms. The number of para-hydroxylation sites is 1. The number of fused-ring (bicyclic) bond motifs is 1. The van der Waals surface area contributed by atoms with Crippen LogP contribution >= 0.6 is 0 Å². The normalized spacial score (nSPS) is 11.5. The summed E-state index contributed by atoms with van der Waals surface area (Å²) in [6.45, 7) is 4.65. The van der Waals surface area contributed by atoms with Crippen LogP contribution < -0.4 is 9.80 Å². The van der Waals surface area contributed by atoms with Crippen LogP contribution in [0.15, 0.2) is 170 Å². The van der Waals surface area contributed by atoms with Crippen molar-refractivity contribution in [3.63, 3.8) is 0 Å². The summed E-state index contributed by atoms with van der Waals surface area (Å²) < 4.78 is 0. The van der Waals surface area contributed by atoms with E-state index in [2.05, 4.69) is 175 Å². The first-order valence-electron chi connectivity index (χ1n) is 17.5. The second-order valence-electron chi connectivity index (χ2n) is 13.2. The Kier molecular flexibility index (Phi) is 9.69. The molecule has 0 aromatic heterocycles. The molecule has 0 N–H and O–H groups in total. The molecule has 0 aliphatic heterocycles.